The van der Waals surface area contributed by atoms with Gasteiger partial charge in [-0.3, -0.25) is 10.1 Å². The number of nitrogens with one attached hydrogen (secondary N) is 1. The molecule has 2 amide bonds. The van der Waals surface area contributed by atoms with Crippen LogP contribution in [0.5, 0.6) is 0 Å². The number of nitrogens with zero attached hydrogens (tertiary/aromatic N) is 2. The Morgan fingerprint density at radius 3 is 2.58 bits per heavy atom. The van der Waals surface area contributed by atoms with E-state index in [0.717, 1.165) is 48.8 Å². The van der Waals surface area contributed by atoms with E-state index in [9.17, 15) is 18.0 Å². The number of anilines is 1. The van der Waals surface area contributed by atoms with E-state index in [2.05, 4.69) is 17.2 Å². The van der Waals surface area contributed by atoms with E-state index in [1.54, 1.807) is 4.90 Å². The molecule has 0 saturated heterocycles. The number of ether oxygens (including phenoxy) is 1. The van der Waals surface area contributed by atoms with Gasteiger partial charge in [-0.2, -0.15) is 0 Å². The van der Waals surface area contributed by atoms with Gasteiger partial charge in [0.15, 0.2) is 20.7 Å². The number of carbonyl (C=O) groups excluding carboxylic acids is 1. The molecule has 3 rings (SSSR count). The number of sulfone groups is 1. The van der Waals surface area contributed by atoms with Gasteiger partial charge in [-0.25, -0.2) is 18.2 Å². The van der Waals surface area contributed by atoms with Gasteiger partial charge < -0.3 is 14.7 Å². The second-order valence-electron chi connectivity index (χ2n) is 8.21. The third kappa shape index (κ3) is 7.51. The van der Waals surface area contributed by atoms with Gasteiger partial charge in [0, 0.05) is 12.6 Å². The normalized spacial score (nSPS) is 18.6. The SMILES string of the molecule is C[C@H]1CC[C@H](N(CCOCc2ccccc2)C(=O)Nc2ncc(S(=O)(=O)CC(=O)O)s2)CC1. The van der Waals surface area contributed by atoms with Gasteiger partial charge in [-0.15, -0.1) is 0 Å². The summed E-state index contributed by atoms with van der Waals surface area (Å²) in [5.41, 5.74) is 1.05. The lowest BCUT2D eigenvalue weighted by atomic mass is 9.86. The number of hydrogen-bond acceptors (Lipinski definition) is 7. The van der Waals surface area contributed by atoms with E-state index >= 15 is 0 Å². The molecule has 33 heavy (non-hydrogen) atoms. The number of benzene rings is 1. The molecule has 0 radical (unpaired) electrons. The van der Waals surface area contributed by atoms with Crippen LogP contribution >= 0.6 is 11.3 Å². The second-order valence-corrected chi connectivity index (χ2v) is 11.5. The Bertz CT molecular complexity index is 1030. The number of amides is 2. The Balaban J connectivity index is 1.63. The quantitative estimate of drug-likeness (QED) is 0.482. The van der Waals surface area contributed by atoms with Gasteiger partial charge in [0.25, 0.3) is 0 Å². The van der Waals surface area contributed by atoms with Gasteiger partial charge in [0.1, 0.15) is 4.21 Å². The molecule has 1 aliphatic carbocycles. The summed E-state index contributed by atoms with van der Waals surface area (Å²) in [4.78, 5) is 29.6. The summed E-state index contributed by atoms with van der Waals surface area (Å²) in [5.74, 6) is -1.84. The van der Waals surface area contributed by atoms with E-state index in [0.29, 0.717) is 25.7 Å². The molecule has 1 heterocycles. The predicted molar refractivity (Wildman–Crippen MR) is 125 cm³/mol. The summed E-state index contributed by atoms with van der Waals surface area (Å²) in [6.07, 6.45) is 4.93. The lowest BCUT2D eigenvalue weighted by Crippen LogP contribution is -2.46. The zero-order valence-corrected chi connectivity index (χ0v) is 20.1. The van der Waals surface area contributed by atoms with Crippen LogP contribution in [0.25, 0.3) is 0 Å². The molecular formula is C22H29N3O6S2. The molecule has 180 valence electrons. The van der Waals surface area contributed by atoms with E-state index in [4.69, 9.17) is 9.84 Å². The summed E-state index contributed by atoms with van der Waals surface area (Å²) in [7, 11) is -3.99. The number of hydrogen-bond donors (Lipinski definition) is 2. The van der Waals surface area contributed by atoms with Crippen molar-refractivity contribution in [2.24, 2.45) is 5.92 Å². The highest BCUT2D eigenvalue weighted by molar-refractivity contribution is 7.94. The fourth-order valence-electron chi connectivity index (χ4n) is 3.79. The minimum Gasteiger partial charge on any atom is -0.480 e. The van der Waals surface area contributed by atoms with Crippen molar-refractivity contribution >= 4 is 38.3 Å². The van der Waals surface area contributed by atoms with Crippen molar-refractivity contribution in [2.45, 2.75) is 49.5 Å². The highest BCUT2D eigenvalue weighted by Gasteiger charge is 2.29. The van der Waals surface area contributed by atoms with Gasteiger partial charge in [0.2, 0.25) is 0 Å². The van der Waals surface area contributed by atoms with Crippen molar-refractivity contribution in [2.75, 3.05) is 24.2 Å². The number of carboxylic acid groups (broad SMARTS) is 1. The van der Waals surface area contributed by atoms with E-state index in [-0.39, 0.29) is 21.4 Å². The number of urea groups is 1. The molecule has 1 aliphatic rings. The van der Waals surface area contributed by atoms with E-state index < -0.39 is 21.6 Å². The Morgan fingerprint density at radius 2 is 1.91 bits per heavy atom. The number of carbonyl (C=O) groups is 2. The lowest BCUT2D eigenvalue weighted by Gasteiger charge is -2.36. The number of aliphatic carboxylic acids is 1. The molecule has 1 aromatic carbocycles. The number of aromatic nitrogens is 1. The van der Waals surface area contributed by atoms with E-state index in [1.807, 2.05) is 30.3 Å². The molecule has 1 aromatic heterocycles. The third-order valence-corrected chi connectivity index (χ3v) is 8.66. The van der Waals surface area contributed by atoms with Crippen LogP contribution in [0, 0.1) is 5.92 Å². The molecule has 0 atom stereocenters. The lowest BCUT2D eigenvalue weighted by molar-refractivity contribution is -0.134. The van der Waals surface area contributed by atoms with Gasteiger partial charge >= 0.3 is 12.0 Å². The maximum atomic E-state index is 13.1. The van der Waals surface area contributed by atoms with Gasteiger partial charge in [0.05, 0.1) is 19.4 Å². The van der Waals surface area contributed by atoms with Crippen molar-refractivity contribution in [1.82, 2.24) is 9.88 Å². The highest BCUT2D eigenvalue weighted by atomic mass is 32.2. The van der Waals surface area contributed by atoms with Crippen LogP contribution < -0.4 is 5.32 Å². The van der Waals surface area contributed by atoms with Gasteiger partial charge in [-0.1, -0.05) is 48.6 Å². The van der Waals surface area contributed by atoms with Crippen LogP contribution in [0.4, 0.5) is 9.93 Å². The summed E-state index contributed by atoms with van der Waals surface area (Å²) < 4.78 is 29.8. The first kappa shape index (κ1) is 25.1. The minimum absolute atomic E-state index is 0.0664. The summed E-state index contributed by atoms with van der Waals surface area (Å²) in [6, 6.07) is 9.49. The van der Waals surface area contributed by atoms with Crippen LogP contribution in [0.3, 0.4) is 0 Å². The van der Waals surface area contributed by atoms with Crippen LogP contribution in [-0.2, 0) is 26.0 Å². The topological polar surface area (TPSA) is 126 Å². The molecule has 0 unspecified atom stereocenters. The van der Waals surface area contributed by atoms with Crippen molar-refractivity contribution in [3.63, 3.8) is 0 Å². The summed E-state index contributed by atoms with van der Waals surface area (Å²) in [6.45, 7) is 3.42. The first-order valence-corrected chi connectivity index (χ1v) is 13.3. The maximum Gasteiger partial charge on any atom is 0.323 e. The average Bonchev–Trinajstić information content (AvgIpc) is 3.24. The van der Waals surface area contributed by atoms with Crippen LogP contribution in [0.2, 0.25) is 0 Å². The molecule has 0 aliphatic heterocycles. The van der Waals surface area contributed by atoms with Crippen molar-refractivity contribution in [3.8, 4) is 0 Å². The standard InChI is InChI=1S/C22H29N3O6S2/c1-16-7-9-18(10-8-16)25(11-12-31-14-17-5-3-2-4-6-17)22(28)24-21-23-13-20(32-21)33(29,30)15-19(26)27/h2-6,13,16,18H,7-12,14-15H2,1H3,(H,26,27)(H,23,24,28)/t16-,18-. The average molecular weight is 496 g/mol. The Labute approximate surface area is 197 Å². The van der Waals surface area contributed by atoms with Crippen LogP contribution in [-0.4, -0.2) is 60.4 Å². The van der Waals surface area contributed by atoms with Crippen molar-refractivity contribution in [1.29, 1.82) is 0 Å². The number of rotatable bonds is 10. The van der Waals surface area contributed by atoms with Crippen LogP contribution in [0.15, 0.2) is 40.7 Å². The molecule has 2 aromatic rings. The Morgan fingerprint density at radius 1 is 1.21 bits per heavy atom. The second kappa shape index (κ2) is 11.6. The molecule has 0 spiro atoms. The first-order chi connectivity index (χ1) is 15.7. The molecule has 1 fully saturated rings. The fourth-order valence-corrected chi connectivity index (χ4v) is 5.93. The van der Waals surface area contributed by atoms with Gasteiger partial charge in [-0.05, 0) is 37.2 Å². The minimum atomic E-state index is -3.99. The third-order valence-electron chi connectivity index (χ3n) is 5.59. The molecule has 1 saturated carbocycles. The predicted octanol–water partition coefficient (Wildman–Crippen LogP) is 3.63. The Hall–Kier alpha value is -2.50. The largest absolute Gasteiger partial charge is 0.480 e. The fraction of sp³-hybridized carbons (Fsp3) is 0.500. The molecule has 0 bridgehead atoms. The number of carboxylic acids is 1. The van der Waals surface area contributed by atoms with Crippen molar-refractivity contribution < 1.29 is 27.9 Å². The zero-order chi connectivity index (χ0) is 23.8. The molecule has 2 N–H and O–H groups in total. The smallest absolute Gasteiger partial charge is 0.323 e. The zero-order valence-electron chi connectivity index (χ0n) is 18.5. The Kier molecular flexibility index (Phi) is 8.81. The number of thiazole rings is 1. The first-order valence-electron chi connectivity index (χ1n) is 10.8. The van der Waals surface area contributed by atoms with E-state index in [1.165, 1.54) is 0 Å². The van der Waals surface area contributed by atoms with Crippen LogP contribution in [0.1, 0.15) is 38.2 Å². The molecule has 9 nitrogen and oxygen atoms in total. The molecular weight excluding hydrogens is 466 g/mol. The monoisotopic (exact) mass is 495 g/mol. The maximum absolute atomic E-state index is 13.1. The molecule has 11 heteroatoms. The van der Waals surface area contributed by atoms with Crippen molar-refractivity contribution in [3.05, 3.63) is 42.1 Å². The summed E-state index contributed by atoms with van der Waals surface area (Å²) in [5, 5.41) is 11.6. The highest BCUT2D eigenvalue weighted by Crippen LogP contribution is 2.29. The summed E-state index contributed by atoms with van der Waals surface area (Å²) >= 11 is 0.748.